The van der Waals surface area contributed by atoms with Crippen LogP contribution in [-0.2, 0) is 18.0 Å². The number of hydrogen-bond donors (Lipinski definition) is 1. The summed E-state index contributed by atoms with van der Waals surface area (Å²) >= 11 is 0. The third-order valence-electron chi connectivity index (χ3n) is 8.56. The van der Waals surface area contributed by atoms with Gasteiger partial charge in [0.2, 0.25) is 0 Å². The Hall–Kier alpha value is -2.14. The van der Waals surface area contributed by atoms with Crippen molar-refractivity contribution in [3.63, 3.8) is 0 Å². The van der Waals surface area contributed by atoms with Crippen molar-refractivity contribution in [1.29, 1.82) is 0 Å². The minimum atomic E-state index is -0.642. The van der Waals surface area contributed by atoms with Gasteiger partial charge in [0.15, 0.2) is 0 Å². The van der Waals surface area contributed by atoms with Crippen molar-refractivity contribution >= 4 is 16.7 Å². The molecule has 2 bridgehead atoms. The van der Waals surface area contributed by atoms with E-state index in [4.69, 9.17) is 4.74 Å². The minimum absolute atomic E-state index is 0.161. The first-order valence-corrected chi connectivity index (χ1v) is 13.2. The second-order valence-corrected chi connectivity index (χ2v) is 11.3. The Kier molecular flexibility index (Phi) is 6.83. The zero-order valence-corrected chi connectivity index (χ0v) is 20.5. The molecule has 34 heavy (non-hydrogen) atoms. The molecule has 3 fully saturated rings. The number of carboxylic acid groups (broad SMARTS) is 1. The van der Waals surface area contributed by atoms with Crippen LogP contribution in [-0.4, -0.2) is 34.2 Å². The summed E-state index contributed by atoms with van der Waals surface area (Å²) in [7, 11) is 0. The third kappa shape index (κ3) is 4.82. The normalized spacial score (nSPS) is 32.0. The molecule has 0 spiro atoms. The summed E-state index contributed by atoms with van der Waals surface area (Å²) in [6.45, 7) is 4.86. The molecule has 1 aliphatic carbocycles. The van der Waals surface area contributed by atoms with Crippen molar-refractivity contribution in [2.24, 2.45) is 17.8 Å². The van der Waals surface area contributed by atoms with Crippen LogP contribution in [0.4, 0.5) is 4.39 Å². The molecular weight excluding hydrogens is 429 g/mol. The van der Waals surface area contributed by atoms with Crippen LogP contribution in [0.15, 0.2) is 30.3 Å². The Morgan fingerprint density at radius 2 is 1.74 bits per heavy atom. The summed E-state index contributed by atoms with van der Waals surface area (Å²) in [6, 6.07) is 11.1. The first-order chi connectivity index (χ1) is 16.4. The lowest BCUT2D eigenvalue weighted by Gasteiger charge is -2.48. The van der Waals surface area contributed by atoms with Gasteiger partial charge in [0.25, 0.3) is 0 Å². The number of halogens is 1. The van der Waals surface area contributed by atoms with E-state index < -0.39 is 12.6 Å². The van der Waals surface area contributed by atoms with Crippen LogP contribution >= 0.6 is 0 Å². The molecule has 1 saturated carbocycles. The molecule has 5 atom stereocenters. The predicted molar refractivity (Wildman–Crippen MR) is 133 cm³/mol. The second-order valence-electron chi connectivity index (χ2n) is 11.3. The van der Waals surface area contributed by atoms with Gasteiger partial charge >= 0.3 is 5.97 Å². The maximum atomic E-state index is 14.2. The van der Waals surface area contributed by atoms with E-state index in [0.29, 0.717) is 35.2 Å². The van der Waals surface area contributed by atoms with E-state index >= 15 is 0 Å². The van der Waals surface area contributed by atoms with Gasteiger partial charge in [0, 0.05) is 24.2 Å². The number of fused-ring (bicyclic) bond motifs is 3. The van der Waals surface area contributed by atoms with Crippen LogP contribution in [0.25, 0.3) is 10.8 Å². The van der Waals surface area contributed by atoms with Crippen LogP contribution in [0, 0.1) is 17.8 Å². The highest BCUT2D eigenvalue weighted by molar-refractivity contribution is 5.88. The number of alkyl halides is 1. The first-order valence-electron chi connectivity index (χ1n) is 13.2. The zero-order valence-electron chi connectivity index (χ0n) is 20.5. The SMILES string of the molecule is C[C@@H]1CC(Oc2ccc3cc(CN4C5CCCC4CC(C(=O)O)C5)ccc3c2CF)C[C@H](C)C1. The monoisotopic (exact) mass is 467 g/mol. The summed E-state index contributed by atoms with van der Waals surface area (Å²) in [4.78, 5) is 14.1. The van der Waals surface area contributed by atoms with E-state index in [9.17, 15) is 14.3 Å². The van der Waals surface area contributed by atoms with Gasteiger partial charge in [-0.3, -0.25) is 9.69 Å². The number of carbonyl (C=O) groups is 1. The van der Waals surface area contributed by atoms with Gasteiger partial charge in [0.05, 0.1) is 12.0 Å². The summed E-state index contributed by atoms with van der Waals surface area (Å²) < 4.78 is 20.6. The molecule has 2 heterocycles. The Labute approximate surface area is 202 Å². The fourth-order valence-electron chi connectivity index (χ4n) is 7.07. The van der Waals surface area contributed by atoms with Crippen LogP contribution < -0.4 is 4.74 Å². The molecule has 2 saturated heterocycles. The Morgan fingerprint density at radius 3 is 2.38 bits per heavy atom. The highest BCUT2D eigenvalue weighted by Crippen LogP contribution is 2.39. The fraction of sp³-hybridized carbons (Fsp3) is 0.621. The van der Waals surface area contributed by atoms with Crippen LogP contribution in [0.3, 0.4) is 0 Å². The smallest absolute Gasteiger partial charge is 0.306 e. The number of carboxylic acids is 1. The van der Waals surface area contributed by atoms with Crippen molar-refractivity contribution in [3.8, 4) is 5.75 Å². The van der Waals surface area contributed by atoms with E-state index in [1.165, 1.54) is 18.4 Å². The molecular formula is C29H38FNO3. The Morgan fingerprint density at radius 1 is 1.03 bits per heavy atom. The van der Waals surface area contributed by atoms with E-state index in [2.05, 4.69) is 43.0 Å². The van der Waals surface area contributed by atoms with Crippen molar-refractivity contribution in [1.82, 2.24) is 4.90 Å². The minimum Gasteiger partial charge on any atom is -0.490 e. The third-order valence-corrected chi connectivity index (χ3v) is 8.56. The van der Waals surface area contributed by atoms with Crippen molar-refractivity contribution < 1.29 is 19.0 Å². The lowest BCUT2D eigenvalue weighted by atomic mass is 9.78. The number of hydrogen-bond acceptors (Lipinski definition) is 3. The molecule has 0 radical (unpaired) electrons. The van der Waals surface area contributed by atoms with Gasteiger partial charge < -0.3 is 9.84 Å². The molecule has 4 nitrogen and oxygen atoms in total. The number of aliphatic carboxylic acids is 1. The van der Waals surface area contributed by atoms with E-state index in [1.807, 2.05) is 6.07 Å². The molecule has 2 aromatic rings. The largest absolute Gasteiger partial charge is 0.490 e. The summed E-state index contributed by atoms with van der Waals surface area (Å²) in [6.07, 6.45) is 8.34. The quantitative estimate of drug-likeness (QED) is 0.512. The molecule has 5 heteroatoms. The number of nitrogens with zero attached hydrogens (tertiary/aromatic N) is 1. The molecule has 5 rings (SSSR count). The molecule has 0 amide bonds. The topological polar surface area (TPSA) is 49.8 Å². The van der Waals surface area contributed by atoms with Gasteiger partial charge in [-0.25, -0.2) is 4.39 Å². The highest BCUT2D eigenvalue weighted by Gasteiger charge is 2.40. The zero-order chi connectivity index (χ0) is 23.8. The van der Waals surface area contributed by atoms with E-state index in [1.54, 1.807) is 0 Å². The maximum Gasteiger partial charge on any atom is 0.306 e. The van der Waals surface area contributed by atoms with E-state index in [0.717, 1.165) is 55.8 Å². The predicted octanol–water partition coefficient (Wildman–Crippen LogP) is 6.73. The average molecular weight is 468 g/mol. The molecule has 2 aromatic carbocycles. The lowest BCUT2D eigenvalue weighted by molar-refractivity contribution is -0.146. The Balaban J connectivity index is 1.35. The maximum absolute atomic E-state index is 14.2. The molecule has 3 aliphatic rings. The van der Waals surface area contributed by atoms with E-state index in [-0.39, 0.29) is 12.0 Å². The van der Waals surface area contributed by atoms with Gasteiger partial charge in [-0.05, 0) is 85.3 Å². The van der Waals surface area contributed by atoms with Gasteiger partial charge in [-0.2, -0.15) is 0 Å². The molecule has 1 N–H and O–H groups in total. The van der Waals surface area contributed by atoms with Crippen molar-refractivity contribution in [3.05, 3.63) is 41.5 Å². The van der Waals surface area contributed by atoms with Crippen LogP contribution in [0.2, 0.25) is 0 Å². The van der Waals surface area contributed by atoms with Gasteiger partial charge in [-0.1, -0.05) is 38.5 Å². The molecule has 2 aliphatic heterocycles. The van der Waals surface area contributed by atoms with Crippen LogP contribution in [0.1, 0.15) is 76.3 Å². The van der Waals surface area contributed by atoms with Gasteiger partial charge in [0.1, 0.15) is 12.4 Å². The molecule has 3 unspecified atom stereocenters. The average Bonchev–Trinajstić information content (AvgIpc) is 2.78. The number of benzene rings is 2. The standard InChI is InChI=1S/C29H38FNO3/c1-18-10-19(2)12-25(11-18)34-28-9-7-21-13-20(6-8-26(21)27(28)16-30)17-31-23-4-3-5-24(31)15-22(14-23)29(32)33/h6-9,13,18-19,22-25H,3-5,10-12,14-17H2,1-2H3,(H,32,33)/t18-,19+,22?,23?,24?,25?. The number of piperidine rings is 2. The second kappa shape index (κ2) is 9.85. The van der Waals surface area contributed by atoms with Crippen molar-refractivity contribution in [2.45, 2.75) is 96.6 Å². The summed E-state index contributed by atoms with van der Waals surface area (Å²) in [5, 5.41) is 11.5. The number of rotatable bonds is 6. The number of ether oxygens (including phenoxy) is 1. The lowest BCUT2D eigenvalue weighted by Crippen LogP contribution is -2.52. The Bertz CT molecular complexity index is 1020. The summed E-state index contributed by atoms with van der Waals surface area (Å²) in [5.74, 6) is 1.13. The fourth-order valence-corrected chi connectivity index (χ4v) is 7.07. The molecule has 0 aromatic heterocycles. The summed E-state index contributed by atoms with van der Waals surface area (Å²) in [5.41, 5.74) is 1.88. The highest BCUT2D eigenvalue weighted by atomic mass is 19.1. The van der Waals surface area contributed by atoms with Gasteiger partial charge in [-0.15, -0.1) is 0 Å². The van der Waals surface area contributed by atoms with Crippen LogP contribution in [0.5, 0.6) is 5.75 Å². The van der Waals surface area contributed by atoms with Crippen molar-refractivity contribution in [2.75, 3.05) is 0 Å². The first kappa shape index (κ1) is 23.6. The molecule has 184 valence electrons.